The van der Waals surface area contributed by atoms with Gasteiger partial charge in [-0.2, -0.15) is 0 Å². The van der Waals surface area contributed by atoms with E-state index >= 15 is 0 Å². The van der Waals surface area contributed by atoms with Gasteiger partial charge in [0.05, 0.1) is 12.6 Å². The van der Waals surface area contributed by atoms with Crippen LogP contribution in [0.3, 0.4) is 0 Å². The van der Waals surface area contributed by atoms with Crippen molar-refractivity contribution >= 4 is 34.4 Å². The van der Waals surface area contributed by atoms with Crippen LogP contribution < -0.4 is 15.4 Å². The average Bonchev–Trinajstić information content (AvgIpc) is 2.93. The van der Waals surface area contributed by atoms with Gasteiger partial charge in [0.1, 0.15) is 11.4 Å². The Kier molecular flexibility index (Phi) is 4.80. The summed E-state index contributed by atoms with van der Waals surface area (Å²) in [6.07, 6.45) is 0. The first-order chi connectivity index (χ1) is 12.9. The van der Waals surface area contributed by atoms with Crippen molar-refractivity contribution in [2.75, 3.05) is 12.4 Å². The van der Waals surface area contributed by atoms with Gasteiger partial charge in [-0.05, 0) is 30.3 Å². The number of aromatic hydroxyl groups is 1. The van der Waals surface area contributed by atoms with Crippen molar-refractivity contribution in [3.05, 3.63) is 54.1 Å². The molecule has 0 aliphatic heterocycles. The molecule has 0 spiro atoms. The molecule has 1 heterocycles. The minimum Gasteiger partial charge on any atom is -0.497 e. The monoisotopic (exact) mass is 367 g/mol. The van der Waals surface area contributed by atoms with Crippen molar-refractivity contribution in [1.29, 1.82) is 0 Å². The Morgan fingerprint density at radius 2 is 1.78 bits per heavy atom. The number of amides is 3. The molecule has 0 aliphatic rings. The van der Waals surface area contributed by atoms with Crippen LogP contribution in [0.1, 0.15) is 17.3 Å². The highest BCUT2D eigenvalue weighted by molar-refractivity contribution is 6.13. The van der Waals surface area contributed by atoms with Gasteiger partial charge in [-0.1, -0.05) is 18.2 Å². The number of hydrogen-bond acceptors (Lipinski definition) is 5. The number of fused-ring (bicyclic) bond motifs is 1. The van der Waals surface area contributed by atoms with E-state index in [0.717, 1.165) is 4.57 Å². The van der Waals surface area contributed by atoms with E-state index in [0.29, 0.717) is 22.2 Å². The van der Waals surface area contributed by atoms with E-state index in [2.05, 4.69) is 10.6 Å². The van der Waals surface area contributed by atoms with Crippen LogP contribution in [-0.2, 0) is 4.79 Å². The van der Waals surface area contributed by atoms with Crippen LogP contribution in [0.25, 0.3) is 10.9 Å². The van der Waals surface area contributed by atoms with Gasteiger partial charge in [0.2, 0.25) is 11.8 Å². The summed E-state index contributed by atoms with van der Waals surface area (Å²) in [5, 5.41) is 15.7. The molecular weight excluding hydrogens is 350 g/mol. The summed E-state index contributed by atoms with van der Waals surface area (Å²) in [4.78, 5) is 36.1. The maximum absolute atomic E-state index is 12.5. The SMILES string of the molecule is COc1ccc2c(c1)c(NC(=O)c1ccccc1)c(O)n2C(=O)NC(C)=O. The summed E-state index contributed by atoms with van der Waals surface area (Å²) in [6.45, 7) is 1.18. The number of nitrogens with zero attached hydrogens (tertiary/aromatic N) is 1. The Hall–Kier alpha value is -3.81. The lowest BCUT2D eigenvalue weighted by atomic mass is 10.2. The van der Waals surface area contributed by atoms with Crippen molar-refractivity contribution < 1.29 is 24.2 Å². The molecule has 0 atom stereocenters. The number of rotatable bonds is 3. The van der Waals surface area contributed by atoms with Crippen LogP contribution in [0.15, 0.2) is 48.5 Å². The highest BCUT2D eigenvalue weighted by Gasteiger charge is 2.24. The van der Waals surface area contributed by atoms with Gasteiger partial charge in [-0.25, -0.2) is 9.36 Å². The van der Waals surface area contributed by atoms with Gasteiger partial charge in [0.15, 0.2) is 0 Å². The lowest BCUT2D eigenvalue weighted by molar-refractivity contribution is -0.117. The van der Waals surface area contributed by atoms with E-state index < -0.39 is 23.7 Å². The minimum absolute atomic E-state index is 0.0384. The fourth-order valence-electron chi connectivity index (χ4n) is 2.69. The number of aromatic nitrogens is 1. The lowest BCUT2D eigenvalue weighted by Crippen LogP contribution is -2.31. The van der Waals surface area contributed by atoms with Gasteiger partial charge in [0.25, 0.3) is 5.91 Å². The van der Waals surface area contributed by atoms with Crippen LogP contribution in [0.4, 0.5) is 10.5 Å². The third-order valence-electron chi connectivity index (χ3n) is 3.91. The number of hydrogen-bond donors (Lipinski definition) is 3. The Morgan fingerprint density at radius 1 is 1.07 bits per heavy atom. The molecule has 0 bridgehead atoms. The predicted molar refractivity (Wildman–Crippen MR) is 99.2 cm³/mol. The highest BCUT2D eigenvalue weighted by atomic mass is 16.5. The Morgan fingerprint density at radius 3 is 2.41 bits per heavy atom. The summed E-state index contributed by atoms with van der Waals surface area (Å²) >= 11 is 0. The van der Waals surface area contributed by atoms with Crippen molar-refractivity contribution in [3.8, 4) is 11.6 Å². The van der Waals surface area contributed by atoms with E-state index in [1.54, 1.807) is 48.5 Å². The largest absolute Gasteiger partial charge is 0.497 e. The highest BCUT2D eigenvalue weighted by Crippen LogP contribution is 2.38. The number of ether oxygens (including phenoxy) is 1. The van der Waals surface area contributed by atoms with Gasteiger partial charge in [0, 0.05) is 17.9 Å². The van der Waals surface area contributed by atoms with Crippen LogP contribution in [0.5, 0.6) is 11.6 Å². The molecule has 0 saturated heterocycles. The Labute approximate surface area is 154 Å². The predicted octanol–water partition coefficient (Wildman–Crippen LogP) is 2.71. The molecule has 0 aliphatic carbocycles. The zero-order valence-electron chi connectivity index (χ0n) is 14.6. The molecule has 27 heavy (non-hydrogen) atoms. The molecule has 3 aromatic rings. The standard InChI is InChI=1S/C19H17N3O5/c1-11(23)20-19(26)22-15-9-8-13(27-2)10-14(15)16(18(22)25)21-17(24)12-6-4-3-5-7-12/h3-10,25H,1-2H3,(H,21,24)(H,20,23,26). The number of carbonyl (C=O) groups excluding carboxylic acids is 3. The van der Waals surface area contributed by atoms with E-state index in [9.17, 15) is 19.5 Å². The quantitative estimate of drug-likeness (QED) is 0.659. The van der Waals surface area contributed by atoms with Gasteiger partial charge < -0.3 is 15.2 Å². The summed E-state index contributed by atoms with van der Waals surface area (Å²) in [7, 11) is 1.47. The summed E-state index contributed by atoms with van der Waals surface area (Å²) in [5.74, 6) is -1.06. The minimum atomic E-state index is -0.838. The fraction of sp³-hybridized carbons (Fsp3) is 0.105. The lowest BCUT2D eigenvalue weighted by Gasteiger charge is -2.06. The van der Waals surface area contributed by atoms with Crippen LogP contribution in [-0.4, -0.2) is 34.6 Å². The van der Waals surface area contributed by atoms with Crippen molar-refractivity contribution in [1.82, 2.24) is 9.88 Å². The van der Waals surface area contributed by atoms with E-state index in [4.69, 9.17) is 4.74 Å². The first-order valence-electron chi connectivity index (χ1n) is 8.02. The maximum Gasteiger partial charge on any atom is 0.335 e. The number of benzene rings is 2. The first kappa shape index (κ1) is 18.0. The molecule has 1 aromatic heterocycles. The van der Waals surface area contributed by atoms with Gasteiger partial charge in [-0.15, -0.1) is 0 Å². The molecule has 8 heteroatoms. The maximum atomic E-state index is 12.5. The van der Waals surface area contributed by atoms with Gasteiger partial charge >= 0.3 is 6.03 Å². The number of anilines is 1. The van der Waals surface area contributed by atoms with Gasteiger partial charge in [-0.3, -0.25) is 14.9 Å². The first-order valence-corrected chi connectivity index (χ1v) is 8.02. The zero-order chi connectivity index (χ0) is 19.6. The molecule has 3 rings (SSSR count). The zero-order valence-corrected chi connectivity index (χ0v) is 14.6. The van der Waals surface area contributed by atoms with Crippen molar-refractivity contribution in [2.45, 2.75) is 6.92 Å². The molecule has 2 aromatic carbocycles. The molecule has 0 saturated carbocycles. The summed E-state index contributed by atoms with van der Waals surface area (Å²) in [5.41, 5.74) is 0.723. The van der Waals surface area contributed by atoms with Crippen LogP contribution in [0.2, 0.25) is 0 Å². The normalized spacial score (nSPS) is 10.4. The second-order valence-electron chi connectivity index (χ2n) is 5.72. The molecule has 0 radical (unpaired) electrons. The second kappa shape index (κ2) is 7.20. The van der Waals surface area contributed by atoms with Crippen LogP contribution >= 0.6 is 0 Å². The summed E-state index contributed by atoms with van der Waals surface area (Å²) < 4.78 is 6.10. The van der Waals surface area contributed by atoms with E-state index in [1.165, 1.54) is 14.0 Å². The third kappa shape index (κ3) is 3.45. The molecule has 0 fully saturated rings. The molecular formula is C19H17N3O5. The number of nitrogens with one attached hydrogen (secondary N) is 2. The summed E-state index contributed by atoms with van der Waals surface area (Å²) in [6, 6.07) is 12.3. The third-order valence-corrected chi connectivity index (χ3v) is 3.91. The number of imide groups is 1. The topological polar surface area (TPSA) is 110 Å². The van der Waals surface area contributed by atoms with E-state index in [1.807, 2.05) is 0 Å². The van der Waals surface area contributed by atoms with Crippen molar-refractivity contribution in [3.63, 3.8) is 0 Å². The fourth-order valence-corrected chi connectivity index (χ4v) is 2.69. The molecule has 0 unspecified atom stereocenters. The Bertz CT molecular complexity index is 1040. The van der Waals surface area contributed by atoms with E-state index in [-0.39, 0.29) is 5.69 Å². The number of carbonyl (C=O) groups is 3. The van der Waals surface area contributed by atoms with Crippen molar-refractivity contribution in [2.24, 2.45) is 0 Å². The van der Waals surface area contributed by atoms with Crippen LogP contribution in [0, 0.1) is 0 Å². The Balaban J connectivity index is 2.13. The number of methoxy groups -OCH3 is 1. The molecule has 3 N–H and O–H groups in total. The molecule has 138 valence electrons. The molecule has 8 nitrogen and oxygen atoms in total. The molecule has 3 amide bonds. The average molecular weight is 367 g/mol. The smallest absolute Gasteiger partial charge is 0.335 e. The second-order valence-corrected chi connectivity index (χ2v) is 5.72.